The van der Waals surface area contributed by atoms with Crippen LogP contribution in [0.1, 0.15) is 38.4 Å². The van der Waals surface area contributed by atoms with Gasteiger partial charge >= 0.3 is 0 Å². The molecular formula is C13H20N2O. The maximum atomic E-state index is 5.54. The van der Waals surface area contributed by atoms with E-state index in [0.717, 1.165) is 25.1 Å². The third-order valence-corrected chi connectivity index (χ3v) is 3.10. The molecule has 0 bridgehead atoms. The molecular weight excluding hydrogens is 200 g/mol. The lowest BCUT2D eigenvalue weighted by molar-refractivity contribution is 0.0115. The van der Waals surface area contributed by atoms with Crippen LogP contribution in [0.25, 0.3) is 0 Å². The van der Waals surface area contributed by atoms with E-state index in [1.165, 1.54) is 0 Å². The van der Waals surface area contributed by atoms with E-state index in [0.29, 0.717) is 18.2 Å². The average Bonchev–Trinajstić information content (AvgIpc) is 2.30. The Morgan fingerprint density at radius 1 is 1.50 bits per heavy atom. The van der Waals surface area contributed by atoms with Crippen molar-refractivity contribution in [2.24, 2.45) is 0 Å². The van der Waals surface area contributed by atoms with E-state index < -0.39 is 0 Å². The van der Waals surface area contributed by atoms with Crippen LogP contribution in [0.4, 0.5) is 0 Å². The Kier molecular flexibility index (Phi) is 3.91. The number of nitrogens with one attached hydrogen (secondary N) is 1. The van der Waals surface area contributed by atoms with Gasteiger partial charge in [0.05, 0.1) is 11.8 Å². The molecule has 1 aliphatic heterocycles. The van der Waals surface area contributed by atoms with Crippen molar-refractivity contribution in [3.05, 3.63) is 30.1 Å². The summed E-state index contributed by atoms with van der Waals surface area (Å²) in [7, 11) is 0. The van der Waals surface area contributed by atoms with Gasteiger partial charge in [-0.15, -0.1) is 0 Å². The zero-order valence-corrected chi connectivity index (χ0v) is 10.0. The molecule has 2 unspecified atom stereocenters. The van der Waals surface area contributed by atoms with Crippen LogP contribution in [-0.2, 0) is 4.74 Å². The highest BCUT2D eigenvalue weighted by atomic mass is 16.5. The molecule has 0 aromatic carbocycles. The first-order valence-electron chi connectivity index (χ1n) is 6.04. The minimum Gasteiger partial charge on any atom is -0.378 e. The molecule has 0 spiro atoms. The molecule has 16 heavy (non-hydrogen) atoms. The minimum atomic E-state index is 0.316. The second-order valence-corrected chi connectivity index (χ2v) is 4.55. The number of hydrogen-bond acceptors (Lipinski definition) is 3. The summed E-state index contributed by atoms with van der Waals surface area (Å²) < 4.78 is 5.54. The predicted octanol–water partition coefficient (Wildman–Crippen LogP) is 2.30. The van der Waals surface area contributed by atoms with Gasteiger partial charge in [0, 0.05) is 24.9 Å². The largest absolute Gasteiger partial charge is 0.378 e. The third-order valence-electron chi connectivity index (χ3n) is 3.10. The third kappa shape index (κ3) is 3.03. The van der Waals surface area contributed by atoms with Gasteiger partial charge in [-0.05, 0) is 38.8 Å². The van der Waals surface area contributed by atoms with Gasteiger partial charge in [0.15, 0.2) is 0 Å². The lowest BCUT2D eigenvalue weighted by Crippen LogP contribution is -2.39. The van der Waals surface area contributed by atoms with Crippen LogP contribution in [0.5, 0.6) is 0 Å². The van der Waals surface area contributed by atoms with Crippen molar-refractivity contribution in [1.29, 1.82) is 0 Å². The monoisotopic (exact) mass is 220 g/mol. The maximum Gasteiger partial charge on any atom is 0.0570 e. The molecule has 3 heteroatoms. The standard InChI is InChI=1S/C13H20N2O/c1-10-9-12(6-8-16-10)15-11(2)13-5-3-4-7-14-13/h3-5,7,10-12,15H,6,8-9H2,1-2H3/t10?,11-,12?/m0/s1. The number of rotatable bonds is 3. The quantitative estimate of drug-likeness (QED) is 0.848. The summed E-state index contributed by atoms with van der Waals surface area (Å²) in [4.78, 5) is 4.37. The van der Waals surface area contributed by atoms with Crippen LogP contribution < -0.4 is 5.32 Å². The topological polar surface area (TPSA) is 34.2 Å². The molecule has 1 aliphatic rings. The Labute approximate surface area is 97.2 Å². The number of hydrogen-bond donors (Lipinski definition) is 1. The molecule has 1 N–H and O–H groups in total. The van der Waals surface area contributed by atoms with Crippen LogP contribution in [0, 0.1) is 0 Å². The molecule has 3 nitrogen and oxygen atoms in total. The van der Waals surface area contributed by atoms with Crippen LogP contribution in [0.15, 0.2) is 24.4 Å². The lowest BCUT2D eigenvalue weighted by Gasteiger charge is -2.30. The molecule has 1 fully saturated rings. The van der Waals surface area contributed by atoms with Gasteiger partial charge in [0.2, 0.25) is 0 Å². The van der Waals surface area contributed by atoms with E-state index in [1.807, 2.05) is 18.3 Å². The number of ether oxygens (including phenoxy) is 1. The SMILES string of the molecule is CC1CC(N[C@@H](C)c2ccccn2)CCO1. The molecule has 0 aliphatic carbocycles. The first-order valence-corrected chi connectivity index (χ1v) is 6.04. The smallest absolute Gasteiger partial charge is 0.0570 e. The van der Waals surface area contributed by atoms with Gasteiger partial charge in [-0.1, -0.05) is 6.07 Å². The van der Waals surface area contributed by atoms with Gasteiger partial charge < -0.3 is 10.1 Å². The van der Waals surface area contributed by atoms with Crippen molar-refractivity contribution in [1.82, 2.24) is 10.3 Å². The highest BCUT2D eigenvalue weighted by Crippen LogP contribution is 2.17. The van der Waals surface area contributed by atoms with Crippen molar-refractivity contribution in [2.45, 2.75) is 44.9 Å². The molecule has 1 aromatic rings. The highest BCUT2D eigenvalue weighted by molar-refractivity contribution is 5.07. The number of pyridine rings is 1. The fourth-order valence-electron chi connectivity index (χ4n) is 2.22. The summed E-state index contributed by atoms with van der Waals surface area (Å²) in [5, 5.41) is 3.62. The van der Waals surface area contributed by atoms with Crippen molar-refractivity contribution in [2.75, 3.05) is 6.61 Å². The summed E-state index contributed by atoms with van der Waals surface area (Å²) >= 11 is 0. The predicted molar refractivity (Wildman–Crippen MR) is 64.2 cm³/mol. The Bertz CT molecular complexity index is 315. The first kappa shape index (κ1) is 11.6. The van der Waals surface area contributed by atoms with Gasteiger partial charge in [-0.25, -0.2) is 0 Å². The molecule has 1 aromatic heterocycles. The molecule has 0 amide bonds. The molecule has 0 radical (unpaired) electrons. The second-order valence-electron chi connectivity index (χ2n) is 4.55. The zero-order valence-electron chi connectivity index (χ0n) is 10.0. The van der Waals surface area contributed by atoms with Crippen LogP contribution in [0.2, 0.25) is 0 Å². The molecule has 1 saturated heterocycles. The normalized spacial score (nSPS) is 27.6. The summed E-state index contributed by atoms with van der Waals surface area (Å²) in [5.41, 5.74) is 1.11. The van der Waals surface area contributed by atoms with Gasteiger partial charge in [-0.3, -0.25) is 4.98 Å². The Balaban J connectivity index is 1.89. The fourth-order valence-corrected chi connectivity index (χ4v) is 2.22. The van der Waals surface area contributed by atoms with Gasteiger partial charge in [0.25, 0.3) is 0 Å². The molecule has 88 valence electrons. The van der Waals surface area contributed by atoms with E-state index in [4.69, 9.17) is 4.74 Å². The van der Waals surface area contributed by atoms with Gasteiger partial charge in [-0.2, -0.15) is 0 Å². The summed E-state index contributed by atoms with van der Waals surface area (Å²) in [5.74, 6) is 0. The molecule has 2 rings (SSSR count). The van der Waals surface area contributed by atoms with Crippen LogP contribution >= 0.6 is 0 Å². The van der Waals surface area contributed by atoms with Gasteiger partial charge in [0.1, 0.15) is 0 Å². The Morgan fingerprint density at radius 3 is 3.06 bits per heavy atom. The van der Waals surface area contributed by atoms with Crippen molar-refractivity contribution in [3.8, 4) is 0 Å². The second kappa shape index (κ2) is 5.41. The van der Waals surface area contributed by atoms with Crippen molar-refractivity contribution in [3.63, 3.8) is 0 Å². The van der Waals surface area contributed by atoms with E-state index in [-0.39, 0.29) is 0 Å². The van der Waals surface area contributed by atoms with Crippen LogP contribution in [-0.4, -0.2) is 23.7 Å². The summed E-state index contributed by atoms with van der Waals surface area (Å²) in [6.45, 7) is 5.18. The number of nitrogens with zero attached hydrogens (tertiary/aromatic N) is 1. The zero-order chi connectivity index (χ0) is 11.4. The summed E-state index contributed by atoms with van der Waals surface area (Å²) in [6, 6.07) is 6.93. The highest BCUT2D eigenvalue weighted by Gasteiger charge is 2.21. The molecule has 2 heterocycles. The average molecular weight is 220 g/mol. The maximum absolute atomic E-state index is 5.54. The minimum absolute atomic E-state index is 0.316. The Hall–Kier alpha value is -0.930. The van der Waals surface area contributed by atoms with Crippen LogP contribution in [0.3, 0.4) is 0 Å². The van der Waals surface area contributed by atoms with E-state index >= 15 is 0 Å². The van der Waals surface area contributed by atoms with E-state index in [1.54, 1.807) is 0 Å². The first-order chi connectivity index (χ1) is 7.75. The van der Waals surface area contributed by atoms with Crippen molar-refractivity contribution >= 4 is 0 Å². The number of aromatic nitrogens is 1. The lowest BCUT2D eigenvalue weighted by atomic mass is 10.0. The summed E-state index contributed by atoms with van der Waals surface area (Å²) in [6.07, 6.45) is 4.42. The fraction of sp³-hybridized carbons (Fsp3) is 0.615. The molecule has 0 saturated carbocycles. The van der Waals surface area contributed by atoms with Crippen molar-refractivity contribution < 1.29 is 4.74 Å². The molecule has 3 atom stereocenters. The Morgan fingerprint density at radius 2 is 2.38 bits per heavy atom. The van der Waals surface area contributed by atoms with E-state index in [2.05, 4.69) is 30.2 Å². The van der Waals surface area contributed by atoms with E-state index in [9.17, 15) is 0 Å².